The maximum absolute atomic E-state index is 13.3. The van der Waals surface area contributed by atoms with E-state index in [1.54, 1.807) is 29.6 Å². The number of rotatable bonds is 7. The van der Waals surface area contributed by atoms with E-state index in [1.165, 1.54) is 23.0 Å². The molecule has 0 spiro atoms. The van der Waals surface area contributed by atoms with Crippen LogP contribution in [0.5, 0.6) is 5.75 Å². The molecule has 0 unspecified atom stereocenters. The summed E-state index contributed by atoms with van der Waals surface area (Å²) in [4.78, 5) is 38.9. The molecule has 2 heterocycles. The number of hydrogen-bond acceptors (Lipinski definition) is 5. The normalized spacial score (nSPS) is 10.9. The molecule has 0 aliphatic carbocycles. The van der Waals surface area contributed by atoms with Gasteiger partial charge in [0.25, 0.3) is 5.56 Å². The van der Waals surface area contributed by atoms with Gasteiger partial charge in [0.2, 0.25) is 5.91 Å². The molecular formula is C23H20ClN3O4S. The summed E-state index contributed by atoms with van der Waals surface area (Å²) >= 11 is 7.38. The molecule has 4 rings (SSSR count). The third-order valence-electron chi connectivity index (χ3n) is 5.09. The van der Waals surface area contributed by atoms with E-state index in [2.05, 4.69) is 5.32 Å². The number of nitrogens with one attached hydrogen (secondary N) is 1. The van der Waals surface area contributed by atoms with E-state index in [9.17, 15) is 14.4 Å². The van der Waals surface area contributed by atoms with Crippen molar-refractivity contribution in [2.24, 2.45) is 0 Å². The second-order valence-electron chi connectivity index (χ2n) is 7.07. The SMILES string of the molecule is COc1ccccc1Cn1c(=O)c2sccc2n(CC(=O)NCc2ccccc2Cl)c1=O. The Morgan fingerprint density at radius 1 is 1.03 bits per heavy atom. The van der Waals surface area contributed by atoms with Crippen LogP contribution >= 0.6 is 22.9 Å². The van der Waals surface area contributed by atoms with E-state index in [4.69, 9.17) is 16.3 Å². The molecule has 0 fully saturated rings. The highest BCUT2D eigenvalue weighted by Crippen LogP contribution is 2.19. The first-order chi connectivity index (χ1) is 15.5. The fourth-order valence-electron chi connectivity index (χ4n) is 3.46. The molecule has 1 N–H and O–H groups in total. The number of fused-ring (bicyclic) bond motifs is 1. The van der Waals surface area contributed by atoms with E-state index in [1.807, 2.05) is 30.3 Å². The quantitative estimate of drug-likeness (QED) is 0.450. The van der Waals surface area contributed by atoms with Crippen molar-refractivity contribution < 1.29 is 9.53 Å². The van der Waals surface area contributed by atoms with Crippen LogP contribution < -0.4 is 21.3 Å². The summed E-state index contributed by atoms with van der Waals surface area (Å²) in [7, 11) is 1.53. The van der Waals surface area contributed by atoms with Gasteiger partial charge in [-0.15, -0.1) is 11.3 Å². The molecule has 32 heavy (non-hydrogen) atoms. The summed E-state index contributed by atoms with van der Waals surface area (Å²) in [6, 6.07) is 16.1. The van der Waals surface area contributed by atoms with Crippen molar-refractivity contribution in [3.63, 3.8) is 0 Å². The van der Waals surface area contributed by atoms with Gasteiger partial charge in [-0.2, -0.15) is 0 Å². The summed E-state index contributed by atoms with van der Waals surface area (Å²) in [6.07, 6.45) is 0. The van der Waals surface area contributed by atoms with Gasteiger partial charge in [-0.1, -0.05) is 48.0 Å². The number of benzene rings is 2. The highest BCUT2D eigenvalue weighted by molar-refractivity contribution is 7.17. The number of carbonyl (C=O) groups is 1. The molecule has 0 saturated carbocycles. The number of nitrogens with zero attached hydrogens (tertiary/aromatic N) is 2. The highest BCUT2D eigenvalue weighted by atomic mass is 35.5. The van der Waals surface area contributed by atoms with E-state index >= 15 is 0 Å². The zero-order chi connectivity index (χ0) is 22.7. The average Bonchev–Trinajstić information content (AvgIpc) is 3.29. The molecule has 2 aromatic heterocycles. The van der Waals surface area contributed by atoms with Gasteiger partial charge in [0, 0.05) is 17.1 Å². The van der Waals surface area contributed by atoms with Crippen LogP contribution in [0.3, 0.4) is 0 Å². The number of para-hydroxylation sites is 1. The van der Waals surface area contributed by atoms with Crippen LogP contribution in [0.25, 0.3) is 10.2 Å². The number of aromatic nitrogens is 2. The minimum Gasteiger partial charge on any atom is -0.496 e. The summed E-state index contributed by atoms with van der Waals surface area (Å²) in [5, 5.41) is 5.07. The molecule has 4 aromatic rings. The Kier molecular flexibility index (Phi) is 6.43. The first-order valence-electron chi connectivity index (χ1n) is 9.82. The Morgan fingerprint density at radius 3 is 2.50 bits per heavy atom. The van der Waals surface area contributed by atoms with Gasteiger partial charge in [0.1, 0.15) is 17.0 Å². The number of methoxy groups -OCH3 is 1. The topological polar surface area (TPSA) is 82.3 Å². The predicted octanol–water partition coefficient (Wildman–Crippen LogP) is 3.25. The second-order valence-corrected chi connectivity index (χ2v) is 8.40. The Bertz CT molecular complexity index is 1410. The molecule has 0 bridgehead atoms. The molecule has 0 radical (unpaired) electrons. The van der Waals surface area contributed by atoms with E-state index in [0.29, 0.717) is 26.6 Å². The van der Waals surface area contributed by atoms with Crippen molar-refractivity contribution >= 4 is 39.1 Å². The predicted molar refractivity (Wildman–Crippen MR) is 126 cm³/mol. The number of amides is 1. The van der Waals surface area contributed by atoms with Crippen LogP contribution in [-0.4, -0.2) is 22.2 Å². The summed E-state index contributed by atoms with van der Waals surface area (Å²) in [5.41, 5.74) is 0.962. The molecule has 0 aliphatic heterocycles. The number of ether oxygens (including phenoxy) is 1. The van der Waals surface area contributed by atoms with Crippen LogP contribution in [0.2, 0.25) is 5.02 Å². The van der Waals surface area contributed by atoms with Crippen LogP contribution in [0, 0.1) is 0 Å². The molecule has 2 aromatic carbocycles. The summed E-state index contributed by atoms with van der Waals surface area (Å²) in [5.74, 6) is 0.219. The third kappa shape index (κ3) is 4.32. The van der Waals surface area contributed by atoms with Gasteiger partial charge in [-0.05, 0) is 29.1 Å². The Balaban J connectivity index is 1.66. The van der Waals surface area contributed by atoms with Crippen LogP contribution in [0.1, 0.15) is 11.1 Å². The number of hydrogen-bond donors (Lipinski definition) is 1. The van der Waals surface area contributed by atoms with Gasteiger partial charge in [-0.3, -0.25) is 18.7 Å². The standard InChI is InChI=1S/C23H20ClN3O4S/c1-31-19-9-5-3-7-16(19)13-27-22(29)21-18(10-11-32-21)26(23(27)30)14-20(28)25-12-15-6-2-4-8-17(15)24/h2-11H,12-14H2,1H3,(H,25,28). The third-order valence-corrected chi connectivity index (χ3v) is 6.35. The molecule has 0 aliphatic rings. The lowest BCUT2D eigenvalue weighted by molar-refractivity contribution is -0.121. The maximum atomic E-state index is 13.3. The smallest absolute Gasteiger partial charge is 0.332 e. The fourth-order valence-corrected chi connectivity index (χ4v) is 4.51. The van der Waals surface area contributed by atoms with E-state index in [-0.39, 0.29) is 25.5 Å². The van der Waals surface area contributed by atoms with E-state index in [0.717, 1.165) is 10.1 Å². The molecule has 7 nitrogen and oxygen atoms in total. The van der Waals surface area contributed by atoms with Crippen molar-refractivity contribution in [2.75, 3.05) is 7.11 Å². The number of halogens is 1. The van der Waals surface area contributed by atoms with Crippen molar-refractivity contribution in [2.45, 2.75) is 19.6 Å². The van der Waals surface area contributed by atoms with Crippen LogP contribution in [-0.2, 0) is 24.4 Å². The van der Waals surface area contributed by atoms with Gasteiger partial charge in [0.15, 0.2) is 0 Å². The zero-order valence-electron chi connectivity index (χ0n) is 17.2. The molecule has 164 valence electrons. The Labute approximate surface area is 192 Å². The second kappa shape index (κ2) is 9.42. The minimum absolute atomic E-state index is 0.0385. The molecule has 0 saturated heterocycles. The molecule has 1 amide bonds. The average molecular weight is 470 g/mol. The number of carbonyl (C=O) groups excluding carboxylic acids is 1. The first-order valence-corrected chi connectivity index (χ1v) is 11.1. The van der Waals surface area contributed by atoms with E-state index < -0.39 is 11.2 Å². The maximum Gasteiger partial charge on any atom is 0.332 e. The van der Waals surface area contributed by atoms with Crippen LogP contribution in [0.15, 0.2) is 69.6 Å². The zero-order valence-corrected chi connectivity index (χ0v) is 18.8. The van der Waals surface area contributed by atoms with Crippen molar-refractivity contribution in [1.29, 1.82) is 0 Å². The monoisotopic (exact) mass is 469 g/mol. The lowest BCUT2D eigenvalue weighted by Crippen LogP contribution is -2.42. The van der Waals surface area contributed by atoms with Crippen molar-refractivity contribution in [1.82, 2.24) is 14.5 Å². The minimum atomic E-state index is -0.556. The Morgan fingerprint density at radius 2 is 1.75 bits per heavy atom. The van der Waals surface area contributed by atoms with Gasteiger partial charge < -0.3 is 10.1 Å². The summed E-state index contributed by atoms with van der Waals surface area (Å²) in [6.45, 7) is 0.0559. The summed E-state index contributed by atoms with van der Waals surface area (Å²) < 4.78 is 8.23. The van der Waals surface area contributed by atoms with Crippen molar-refractivity contribution in [3.05, 3.63) is 97.0 Å². The number of thiophene rings is 1. The highest BCUT2D eigenvalue weighted by Gasteiger charge is 2.17. The molecule has 0 atom stereocenters. The first kappa shape index (κ1) is 21.9. The van der Waals surface area contributed by atoms with Crippen molar-refractivity contribution in [3.8, 4) is 5.75 Å². The van der Waals surface area contributed by atoms with Gasteiger partial charge >= 0.3 is 5.69 Å². The molecule has 9 heteroatoms. The van der Waals surface area contributed by atoms with Gasteiger partial charge in [0.05, 0.1) is 19.2 Å². The lowest BCUT2D eigenvalue weighted by atomic mass is 10.2. The van der Waals surface area contributed by atoms with Gasteiger partial charge in [-0.25, -0.2) is 4.79 Å². The molecular weight excluding hydrogens is 450 g/mol. The Hall–Kier alpha value is -3.36. The lowest BCUT2D eigenvalue weighted by Gasteiger charge is -2.14. The van der Waals surface area contributed by atoms with Crippen LogP contribution in [0.4, 0.5) is 0 Å². The fraction of sp³-hybridized carbons (Fsp3) is 0.174. The largest absolute Gasteiger partial charge is 0.496 e.